The Kier molecular flexibility index (Phi) is 1.81. The predicted molar refractivity (Wildman–Crippen MR) is 26.5 cm³/mol. The van der Waals surface area contributed by atoms with Crippen LogP contribution in [0.15, 0.2) is 12.8 Å². The summed E-state index contributed by atoms with van der Waals surface area (Å²) in [5.74, 6) is -1.57. The van der Waals surface area contributed by atoms with E-state index < -0.39 is 5.85 Å². The molecule has 0 amide bonds. The van der Waals surface area contributed by atoms with Crippen LogP contribution in [0, 0.1) is 0 Å². The van der Waals surface area contributed by atoms with E-state index in [1.54, 1.807) is 0 Å². The summed E-state index contributed by atoms with van der Waals surface area (Å²) in [6.07, 6.45) is 1.08. The number of alkyl halides is 1. The molecule has 0 aliphatic carbocycles. The first-order chi connectivity index (χ1) is 3.06. The van der Waals surface area contributed by atoms with Crippen molar-refractivity contribution in [1.82, 2.24) is 0 Å². The monoisotopic (exact) mass is 104 g/mol. The summed E-state index contributed by atoms with van der Waals surface area (Å²) in [5, 5.41) is 0. The summed E-state index contributed by atoms with van der Waals surface area (Å²) < 4.78 is 16.4. The second kappa shape index (κ2) is 1.96. The lowest BCUT2D eigenvalue weighted by Gasteiger charge is -2.11. The molecule has 0 atom stereocenters. The molecule has 0 aromatic carbocycles. The van der Waals surface area contributed by atoms with Crippen molar-refractivity contribution in [2.24, 2.45) is 0 Å². The third kappa shape index (κ3) is 5.47. The second-order valence-electron chi connectivity index (χ2n) is 1.65. The standard InChI is InChI=1S/C5H9FO/c1-4-7-5(2,3)6/h4H,1H2,2-3H3. The lowest BCUT2D eigenvalue weighted by atomic mass is 10.4. The second-order valence-corrected chi connectivity index (χ2v) is 1.65. The van der Waals surface area contributed by atoms with Gasteiger partial charge in [-0.3, -0.25) is 0 Å². The minimum absolute atomic E-state index is 1.08. The third-order valence-corrected chi connectivity index (χ3v) is 0.364. The van der Waals surface area contributed by atoms with E-state index in [0.717, 1.165) is 6.26 Å². The van der Waals surface area contributed by atoms with Gasteiger partial charge in [0.1, 0.15) is 0 Å². The Morgan fingerprint density at radius 3 is 2.14 bits per heavy atom. The summed E-state index contributed by atoms with van der Waals surface area (Å²) in [6.45, 7) is 5.81. The molecule has 0 rings (SSSR count). The molecule has 0 radical (unpaired) electrons. The number of hydrogen-bond donors (Lipinski definition) is 0. The molecule has 0 heterocycles. The van der Waals surface area contributed by atoms with Gasteiger partial charge < -0.3 is 4.74 Å². The highest BCUT2D eigenvalue weighted by Gasteiger charge is 2.12. The van der Waals surface area contributed by atoms with Gasteiger partial charge in [0.05, 0.1) is 6.26 Å². The van der Waals surface area contributed by atoms with Crippen LogP contribution in [0.5, 0.6) is 0 Å². The van der Waals surface area contributed by atoms with Gasteiger partial charge in [0.25, 0.3) is 0 Å². The molecule has 0 saturated carbocycles. The van der Waals surface area contributed by atoms with E-state index in [4.69, 9.17) is 0 Å². The van der Waals surface area contributed by atoms with Crippen LogP contribution in [-0.2, 0) is 4.74 Å². The Bertz CT molecular complexity index is 63.0. The van der Waals surface area contributed by atoms with Crippen LogP contribution in [0.4, 0.5) is 4.39 Å². The van der Waals surface area contributed by atoms with Gasteiger partial charge in [-0.05, 0) is 0 Å². The van der Waals surface area contributed by atoms with E-state index in [0.29, 0.717) is 0 Å². The predicted octanol–water partition coefficient (Wildman–Crippen LogP) is 1.85. The zero-order valence-electron chi connectivity index (χ0n) is 4.57. The lowest BCUT2D eigenvalue weighted by molar-refractivity contribution is -0.0633. The summed E-state index contributed by atoms with van der Waals surface area (Å²) in [5.41, 5.74) is 0. The van der Waals surface area contributed by atoms with Gasteiger partial charge in [-0.1, -0.05) is 6.58 Å². The highest BCUT2D eigenvalue weighted by atomic mass is 19.2. The molecule has 0 aromatic heterocycles. The molecular formula is C5H9FO. The zero-order valence-corrected chi connectivity index (χ0v) is 4.57. The fourth-order valence-corrected chi connectivity index (χ4v) is 0.198. The average Bonchev–Trinajstić information content (AvgIpc) is 1.30. The van der Waals surface area contributed by atoms with Crippen molar-refractivity contribution < 1.29 is 9.13 Å². The summed E-state index contributed by atoms with van der Waals surface area (Å²) >= 11 is 0. The Balaban J connectivity index is 3.34. The number of rotatable bonds is 2. The first-order valence-electron chi connectivity index (χ1n) is 2.04. The van der Waals surface area contributed by atoms with E-state index in [2.05, 4.69) is 11.3 Å². The molecule has 2 heteroatoms. The van der Waals surface area contributed by atoms with Crippen molar-refractivity contribution in [2.45, 2.75) is 19.7 Å². The topological polar surface area (TPSA) is 9.23 Å². The molecule has 0 aliphatic heterocycles. The zero-order chi connectivity index (χ0) is 5.91. The fourth-order valence-electron chi connectivity index (χ4n) is 0.198. The largest absolute Gasteiger partial charge is 0.467 e. The molecule has 0 aliphatic rings. The normalized spacial score (nSPS) is 10.7. The Morgan fingerprint density at radius 2 is 2.14 bits per heavy atom. The van der Waals surface area contributed by atoms with Crippen LogP contribution in [0.25, 0.3) is 0 Å². The molecule has 0 saturated heterocycles. The van der Waals surface area contributed by atoms with Crippen molar-refractivity contribution in [1.29, 1.82) is 0 Å². The fraction of sp³-hybridized carbons (Fsp3) is 0.600. The molecule has 7 heavy (non-hydrogen) atoms. The lowest BCUT2D eigenvalue weighted by Crippen LogP contribution is -2.12. The molecule has 0 bridgehead atoms. The van der Waals surface area contributed by atoms with Crippen LogP contribution < -0.4 is 0 Å². The molecule has 0 unspecified atom stereocenters. The third-order valence-electron chi connectivity index (χ3n) is 0.364. The van der Waals surface area contributed by atoms with E-state index in [-0.39, 0.29) is 0 Å². The van der Waals surface area contributed by atoms with E-state index >= 15 is 0 Å². The first kappa shape index (κ1) is 6.47. The van der Waals surface area contributed by atoms with E-state index in [1.165, 1.54) is 13.8 Å². The van der Waals surface area contributed by atoms with E-state index in [1.807, 2.05) is 0 Å². The van der Waals surface area contributed by atoms with Crippen LogP contribution in [0.1, 0.15) is 13.8 Å². The Labute approximate surface area is 42.8 Å². The van der Waals surface area contributed by atoms with Crippen molar-refractivity contribution in [3.63, 3.8) is 0 Å². The molecular weight excluding hydrogens is 95.1 g/mol. The average molecular weight is 104 g/mol. The van der Waals surface area contributed by atoms with Gasteiger partial charge in [-0.25, -0.2) is 0 Å². The maximum absolute atomic E-state index is 12.1. The first-order valence-corrected chi connectivity index (χ1v) is 2.04. The smallest absolute Gasteiger partial charge is 0.241 e. The quantitative estimate of drug-likeness (QED) is 0.486. The molecule has 0 fully saturated rings. The van der Waals surface area contributed by atoms with Gasteiger partial charge in [0.2, 0.25) is 5.85 Å². The summed E-state index contributed by atoms with van der Waals surface area (Å²) in [4.78, 5) is 0. The number of ether oxygens (including phenoxy) is 1. The highest BCUT2D eigenvalue weighted by Crippen LogP contribution is 2.08. The summed E-state index contributed by atoms with van der Waals surface area (Å²) in [6, 6.07) is 0. The number of halogens is 1. The summed E-state index contributed by atoms with van der Waals surface area (Å²) in [7, 11) is 0. The molecule has 42 valence electrons. The van der Waals surface area contributed by atoms with Crippen LogP contribution in [0.3, 0.4) is 0 Å². The van der Waals surface area contributed by atoms with E-state index in [9.17, 15) is 4.39 Å². The minimum Gasteiger partial charge on any atom is -0.467 e. The van der Waals surface area contributed by atoms with Crippen molar-refractivity contribution in [3.8, 4) is 0 Å². The minimum atomic E-state index is -1.57. The van der Waals surface area contributed by atoms with Gasteiger partial charge in [0, 0.05) is 13.8 Å². The Hall–Kier alpha value is -0.530. The van der Waals surface area contributed by atoms with Gasteiger partial charge in [0.15, 0.2) is 0 Å². The molecule has 0 aromatic rings. The Morgan fingerprint density at radius 1 is 1.71 bits per heavy atom. The maximum Gasteiger partial charge on any atom is 0.241 e. The molecule has 1 nitrogen and oxygen atoms in total. The van der Waals surface area contributed by atoms with Crippen molar-refractivity contribution in [2.75, 3.05) is 0 Å². The molecule has 0 spiro atoms. The number of hydrogen-bond acceptors (Lipinski definition) is 1. The molecule has 0 N–H and O–H groups in total. The van der Waals surface area contributed by atoms with Gasteiger partial charge in [-0.2, -0.15) is 4.39 Å². The van der Waals surface area contributed by atoms with Crippen LogP contribution in [-0.4, -0.2) is 5.85 Å². The van der Waals surface area contributed by atoms with Gasteiger partial charge >= 0.3 is 0 Å². The highest BCUT2D eigenvalue weighted by molar-refractivity contribution is 4.57. The SMILES string of the molecule is C=COC(C)(C)F. The van der Waals surface area contributed by atoms with Gasteiger partial charge in [-0.15, -0.1) is 0 Å². The maximum atomic E-state index is 12.1. The van der Waals surface area contributed by atoms with Crippen LogP contribution in [0.2, 0.25) is 0 Å². The van der Waals surface area contributed by atoms with Crippen LogP contribution >= 0.6 is 0 Å². The van der Waals surface area contributed by atoms with Crippen molar-refractivity contribution >= 4 is 0 Å². The van der Waals surface area contributed by atoms with Crippen molar-refractivity contribution in [3.05, 3.63) is 12.8 Å².